The Morgan fingerprint density at radius 1 is 1.00 bits per heavy atom. The maximum absolute atomic E-state index is 2.26. The minimum Gasteiger partial charge on any atom is -0.0914 e. The van der Waals surface area contributed by atoms with Crippen LogP contribution in [0.4, 0.5) is 0 Å². The van der Waals surface area contributed by atoms with E-state index >= 15 is 0 Å². The second kappa shape index (κ2) is 5.17. The molecule has 0 aliphatic heterocycles. The van der Waals surface area contributed by atoms with Gasteiger partial charge in [-0.15, -0.1) is 0 Å². The van der Waals surface area contributed by atoms with Crippen molar-refractivity contribution in [2.24, 2.45) is 5.41 Å². The van der Waals surface area contributed by atoms with E-state index in [4.69, 9.17) is 0 Å². The van der Waals surface area contributed by atoms with E-state index in [1.165, 1.54) is 6.42 Å². The minimum atomic E-state index is 0.437. The lowest BCUT2D eigenvalue weighted by Crippen LogP contribution is -2.01. The van der Waals surface area contributed by atoms with Crippen LogP contribution in [0.25, 0.3) is 0 Å². The fourth-order valence-corrected chi connectivity index (χ4v) is 0.748. The summed E-state index contributed by atoms with van der Waals surface area (Å²) < 4.78 is 0. The fourth-order valence-electron chi connectivity index (χ4n) is 0.748. The van der Waals surface area contributed by atoms with E-state index in [2.05, 4.69) is 52.0 Å². The fraction of sp³-hybridized carbons (Fsp3) is 0.636. The van der Waals surface area contributed by atoms with Crippen molar-refractivity contribution in [1.29, 1.82) is 0 Å². The van der Waals surface area contributed by atoms with Crippen molar-refractivity contribution < 1.29 is 0 Å². The molecular weight excluding hydrogens is 132 g/mol. The third kappa shape index (κ3) is 9.48. The Morgan fingerprint density at radius 2 is 1.64 bits per heavy atom. The molecule has 0 aliphatic rings. The molecule has 0 saturated heterocycles. The van der Waals surface area contributed by atoms with Crippen LogP contribution in [0.2, 0.25) is 0 Å². The molecule has 0 spiro atoms. The molecule has 0 atom stereocenters. The van der Waals surface area contributed by atoms with Gasteiger partial charge in [0.1, 0.15) is 0 Å². The quantitative estimate of drug-likeness (QED) is 0.537. The number of rotatable bonds is 3. The summed E-state index contributed by atoms with van der Waals surface area (Å²) in [5, 5.41) is 0. The van der Waals surface area contributed by atoms with E-state index in [1.807, 2.05) is 0 Å². The average Bonchev–Trinajstić information content (AvgIpc) is 1.85. The van der Waals surface area contributed by atoms with E-state index in [-0.39, 0.29) is 0 Å². The van der Waals surface area contributed by atoms with E-state index in [0.29, 0.717) is 5.41 Å². The van der Waals surface area contributed by atoms with Gasteiger partial charge in [-0.05, 0) is 25.2 Å². The molecule has 11 heavy (non-hydrogen) atoms. The summed E-state index contributed by atoms with van der Waals surface area (Å²) >= 11 is 0. The van der Waals surface area contributed by atoms with Crippen molar-refractivity contribution in [3.63, 3.8) is 0 Å². The zero-order valence-corrected chi connectivity index (χ0v) is 8.22. The highest BCUT2D eigenvalue weighted by Crippen LogP contribution is 2.18. The highest BCUT2D eigenvalue weighted by atomic mass is 14.1. The summed E-state index contributed by atoms with van der Waals surface area (Å²) in [6, 6.07) is 0. The third-order valence-corrected chi connectivity index (χ3v) is 1.40. The summed E-state index contributed by atoms with van der Waals surface area (Å²) in [7, 11) is 0. The second-order valence-electron chi connectivity index (χ2n) is 4.04. The molecule has 0 bridgehead atoms. The highest BCUT2D eigenvalue weighted by Gasteiger charge is 2.05. The Bertz CT molecular complexity index is 133. The second-order valence-corrected chi connectivity index (χ2v) is 4.04. The van der Waals surface area contributed by atoms with Gasteiger partial charge in [0.2, 0.25) is 0 Å². The average molecular weight is 152 g/mol. The first-order valence-electron chi connectivity index (χ1n) is 4.32. The van der Waals surface area contributed by atoms with E-state index in [9.17, 15) is 0 Å². The van der Waals surface area contributed by atoms with Crippen molar-refractivity contribution >= 4 is 0 Å². The van der Waals surface area contributed by atoms with Crippen LogP contribution < -0.4 is 0 Å². The van der Waals surface area contributed by atoms with Crippen molar-refractivity contribution in [2.45, 2.75) is 40.5 Å². The lowest BCUT2D eigenvalue weighted by atomic mass is 9.92. The lowest BCUT2D eigenvalue weighted by molar-refractivity contribution is 0.420. The van der Waals surface area contributed by atoms with Crippen LogP contribution in [0.1, 0.15) is 40.5 Å². The molecule has 64 valence electrons. The highest BCUT2D eigenvalue weighted by molar-refractivity contribution is 4.92. The summed E-state index contributed by atoms with van der Waals surface area (Å²) in [6.45, 7) is 8.82. The molecule has 0 unspecified atom stereocenters. The van der Waals surface area contributed by atoms with Gasteiger partial charge in [-0.25, -0.2) is 0 Å². The Balaban J connectivity index is 3.45. The molecule has 0 aliphatic carbocycles. The Morgan fingerprint density at radius 3 is 2.09 bits per heavy atom. The summed E-state index contributed by atoms with van der Waals surface area (Å²) in [5.74, 6) is 0. The number of hydrogen-bond acceptors (Lipinski definition) is 0. The Hall–Kier alpha value is -0.520. The van der Waals surface area contributed by atoms with Gasteiger partial charge in [-0.2, -0.15) is 0 Å². The molecule has 0 radical (unpaired) electrons. The Kier molecular flexibility index (Phi) is 4.93. The first-order chi connectivity index (χ1) is 5.06. The monoisotopic (exact) mass is 152 g/mol. The molecule has 0 heteroatoms. The van der Waals surface area contributed by atoms with Crippen molar-refractivity contribution in [1.82, 2.24) is 0 Å². The molecule has 0 aromatic heterocycles. The van der Waals surface area contributed by atoms with Crippen LogP contribution in [0.5, 0.6) is 0 Å². The van der Waals surface area contributed by atoms with E-state index < -0.39 is 0 Å². The lowest BCUT2D eigenvalue weighted by Gasteiger charge is -2.14. The summed E-state index contributed by atoms with van der Waals surface area (Å²) in [6.07, 6.45) is 11.0. The minimum absolute atomic E-state index is 0.437. The van der Waals surface area contributed by atoms with Crippen molar-refractivity contribution in [3.05, 3.63) is 24.3 Å². The molecule has 0 fully saturated rings. The van der Waals surface area contributed by atoms with Gasteiger partial charge < -0.3 is 0 Å². The molecular formula is C11H20. The van der Waals surface area contributed by atoms with Gasteiger partial charge in [-0.3, -0.25) is 0 Å². The first-order valence-corrected chi connectivity index (χ1v) is 4.32. The zero-order chi connectivity index (χ0) is 8.74. The van der Waals surface area contributed by atoms with E-state index in [0.717, 1.165) is 6.42 Å². The molecule has 0 nitrogen and oxygen atoms in total. The number of hydrogen-bond donors (Lipinski definition) is 0. The molecule has 0 aromatic carbocycles. The Labute approximate surface area is 71.0 Å². The van der Waals surface area contributed by atoms with Crippen LogP contribution in [-0.4, -0.2) is 0 Å². The summed E-state index contributed by atoms with van der Waals surface area (Å²) in [4.78, 5) is 0. The van der Waals surface area contributed by atoms with E-state index in [1.54, 1.807) is 0 Å². The van der Waals surface area contributed by atoms with Gasteiger partial charge in [0.05, 0.1) is 0 Å². The predicted molar refractivity (Wildman–Crippen MR) is 52.6 cm³/mol. The molecule has 0 aromatic rings. The van der Waals surface area contributed by atoms with Crippen molar-refractivity contribution in [3.8, 4) is 0 Å². The molecule has 0 N–H and O–H groups in total. The van der Waals surface area contributed by atoms with Gasteiger partial charge in [0.15, 0.2) is 0 Å². The SMILES string of the molecule is C/C=C/C/C=C/CC(C)(C)C. The van der Waals surface area contributed by atoms with Gasteiger partial charge in [0, 0.05) is 0 Å². The van der Waals surface area contributed by atoms with Crippen LogP contribution in [0.15, 0.2) is 24.3 Å². The zero-order valence-electron chi connectivity index (χ0n) is 8.22. The maximum Gasteiger partial charge on any atom is -0.0169 e. The molecule has 0 amide bonds. The molecule has 0 saturated carbocycles. The van der Waals surface area contributed by atoms with Crippen LogP contribution in [0.3, 0.4) is 0 Å². The van der Waals surface area contributed by atoms with Gasteiger partial charge in [-0.1, -0.05) is 45.1 Å². The van der Waals surface area contributed by atoms with Crippen LogP contribution >= 0.6 is 0 Å². The van der Waals surface area contributed by atoms with Gasteiger partial charge in [0.25, 0.3) is 0 Å². The first kappa shape index (κ1) is 10.5. The third-order valence-electron chi connectivity index (χ3n) is 1.40. The van der Waals surface area contributed by atoms with Crippen molar-refractivity contribution in [2.75, 3.05) is 0 Å². The van der Waals surface area contributed by atoms with Crippen LogP contribution in [-0.2, 0) is 0 Å². The maximum atomic E-state index is 2.26. The summed E-state index contributed by atoms with van der Waals surface area (Å²) in [5.41, 5.74) is 0.437. The van der Waals surface area contributed by atoms with Crippen LogP contribution in [0, 0.1) is 5.41 Å². The normalized spacial score (nSPS) is 13.5. The van der Waals surface area contributed by atoms with Gasteiger partial charge >= 0.3 is 0 Å². The largest absolute Gasteiger partial charge is 0.0914 e. The predicted octanol–water partition coefficient (Wildman–Crippen LogP) is 3.95. The molecule has 0 rings (SSSR count). The smallest absolute Gasteiger partial charge is 0.0169 e. The molecule has 0 heterocycles. The number of allylic oxidation sites excluding steroid dienone is 4. The topological polar surface area (TPSA) is 0 Å². The standard InChI is InChI=1S/C11H20/c1-5-6-7-8-9-10-11(2,3)4/h5-6,8-9H,7,10H2,1-4H3/b6-5+,9-8+.